The minimum atomic E-state index is -0.479. The van der Waals surface area contributed by atoms with Crippen molar-refractivity contribution in [1.29, 1.82) is 0 Å². The van der Waals surface area contributed by atoms with Crippen LogP contribution in [0.3, 0.4) is 0 Å². The molecule has 0 unspecified atom stereocenters. The summed E-state index contributed by atoms with van der Waals surface area (Å²) in [4.78, 5) is 22.2. The van der Waals surface area contributed by atoms with E-state index in [-0.39, 0.29) is 0 Å². The van der Waals surface area contributed by atoms with Gasteiger partial charge >= 0.3 is 5.76 Å². The van der Waals surface area contributed by atoms with Gasteiger partial charge in [0.25, 0.3) is 0 Å². The maximum absolute atomic E-state index is 11.1. The molecule has 0 aliphatic heterocycles. The minimum absolute atomic E-state index is 0.477. The number of hydrogen-bond acceptors (Lipinski definition) is 4. The number of hydrogen-bond donors (Lipinski definition) is 1. The number of rotatable bonds is 1. The third-order valence-corrected chi connectivity index (χ3v) is 2.60. The molecule has 80 valence electrons. The molecule has 0 saturated carbocycles. The lowest BCUT2D eigenvalue weighted by molar-refractivity contribution is 0.557. The molecule has 0 saturated heterocycles. The zero-order valence-corrected chi connectivity index (χ0v) is 8.65. The second kappa shape index (κ2) is 3.16. The largest absolute Gasteiger partial charge is 0.417 e. The van der Waals surface area contributed by atoms with E-state index in [0.717, 1.165) is 17.5 Å². The molecule has 1 N–H and O–H groups in total. The number of aromatic amines is 1. The van der Waals surface area contributed by atoms with E-state index in [1.807, 2.05) is 13.0 Å². The van der Waals surface area contributed by atoms with E-state index in [0.29, 0.717) is 16.6 Å². The Hall–Kier alpha value is -2.17. The van der Waals surface area contributed by atoms with Gasteiger partial charge in [-0.2, -0.15) is 0 Å². The molecular formula is C11H9N3O2. The van der Waals surface area contributed by atoms with Crippen LogP contribution >= 0.6 is 0 Å². The fourth-order valence-electron chi connectivity index (χ4n) is 1.83. The van der Waals surface area contributed by atoms with Gasteiger partial charge in [-0.3, -0.25) is 15.0 Å². The lowest BCUT2D eigenvalue weighted by Gasteiger charge is -2.01. The van der Waals surface area contributed by atoms with Gasteiger partial charge in [0.2, 0.25) is 0 Å². The molecule has 3 aromatic heterocycles. The van der Waals surface area contributed by atoms with Crippen molar-refractivity contribution < 1.29 is 4.42 Å². The molecule has 0 aromatic carbocycles. The molecule has 0 bridgehead atoms. The second-order valence-electron chi connectivity index (χ2n) is 3.54. The van der Waals surface area contributed by atoms with Crippen LogP contribution < -0.4 is 5.76 Å². The number of nitrogens with zero attached hydrogens (tertiary/aromatic N) is 2. The van der Waals surface area contributed by atoms with E-state index in [4.69, 9.17) is 4.42 Å². The maximum Gasteiger partial charge on any atom is 0.417 e. The van der Waals surface area contributed by atoms with Crippen LogP contribution in [0.2, 0.25) is 0 Å². The first-order valence-electron chi connectivity index (χ1n) is 5.05. The highest BCUT2D eigenvalue weighted by Gasteiger charge is 2.10. The predicted molar refractivity (Wildman–Crippen MR) is 59.3 cm³/mol. The lowest BCUT2D eigenvalue weighted by Crippen LogP contribution is -1.92. The lowest BCUT2D eigenvalue weighted by atomic mass is 10.1. The topological polar surface area (TPSA) is 71.8 Å². The van der Waals surface area contributed by atoms with Gasteiger partial charge in [0, 0.05) is 6.20 Å². The number of pyridine rings is 2. The van der Waals surface area contributed by atoms with Crippen molar-refractivity contribution in [1.82, 2.24) is 15.0 Å². The summed E-state index contributed by atoms with van der Waals surface area (Å²) in [5.74, 6) is -0.479. The number of aryl methyl sites for hydroxylation is 1. The third-order valence-electron chi connectivity index (χ3n) is 2.60. The monoisotopic (exact) mass is 215 g/mol. The van der Waals surface area contributed by atoms with Crippen LogP contribution in [-0.4, -0.2) is 15.0 Å². The van der Waals surface area contributed by atoms with Crippen molar-refractivity contribution in [3.8, 4) is 0 Å². The van der Waals surface area contributed by atoms with E-state index in [1.54, 1.807) is 12.4 Å². The second-order valence-corrected chi connectivity index (χ2v) is 3.54. The smallest absolute Gasteiger partial charge is 0.405 e. The first-order valence-corrected chi connectivity index (χ1v) is 5.05. The van der Waals surface area contributed by atoms with E-state index in [2.05, 4.69) is 15.0 Å². The SMILES string of the molecule is CCc1ccnc2c1ncc1[nH]c(=O)oc12. The molecule has 0 aliphatic rings. The van der Waals surface area contributed by atoms with Crippen molar-refractivity contribution in [3.63, 3.8) is 0 Å². The first kappa shape index (κ1) is 9.08. The molecule has 0 amide bonds. The molecule has 3 aromatic rings. The Kier molecular flexibility index (Phi) is 1.80. The van der Waals surface area contributed by atoms with E-state index in [1.165, 1.54) is 0 Å². The highest BCUT2D eigenvalue weighted by molar-refractivity contribution is 5.98. The van der Waals surface area contributed by atoms with Crippen LogP contribution in [0.25, 0.3) is 22.1 Å². The van der Waals surface area contributed by atoms with Crippen molar-refractivity contribution in [2.45, 2.75) is 13.3 Å². The van der Waals surface area contributed by atoms with Gasteiger partial charge in [-0.05, 0) is 18.1 Å². The van der Waals surface area contributed by atoms with Gasteiger partial charge < -0.3 is 4.42 Å². The Bertz CT molecular complexity index is 727. The Labute approximate surface area is 90.1 Å². The highest BCUT2D eigenvalue weighted by Crippen LogP contribution is 2.21. The molecule has 0 radical (unpaired) electrons. The van der Waals surface area contributed by atoms with Crippen LogP contribution in [0.5, 0.6) is 0 Å². The highest BCUT2D eigenvalue weighted by atomic mass is 16.4. The Morgan fingerprint density at radius 1 is 1.38 bits per heavy atom. The molecule has 0 spiro atoms. The van der Waals surface area contributed by atoms with Crippen LogP contribution in [0.15, 0.2) is 27.7 Å². The summed E-state index contributed by atoms with van der Waals surface area (Å²) in [6, 6.07) is 1.92. The van der Waals surface area contributed by atoms with Crippen molar-refractivity contribution in [2.75, 3.05) is 0 Å². The Morgan fingerprint density at radius 2 is 2.25 bits per heavy atom. The standard InChI is InChI=1S/C11H9N3O2/c1-2-6-3-4-12-9-8(6)13-5-7-10(9)16-11(15)14-7/h3-5H,2H2,1H3,(H,14,15). The zero-order valence-electron chi connectivity index (χ0n) is 8.65. The number of H-pyrrole nitrogens is 1. The summed E-state index contributed by atoms with van der Waals surface area (Å²) >= 11 is 0. The first-order chi connectivity index (χ1) is 7.79. The van der Waals surface area contributed by atoms with E-state index in [9.17, 15) is 4.79 Å². The van der Waals surface area contributed by atoms with Crippen molar-refractivity contribution in [2.24, 2.45) is 0 Å². The molecule has 5 nitrogen and oxygen atoms in total. The average molecular weight is 215 g/mol. The van der Waals surface area contributed by atoms with Crippen LogP contribution in [-0.2, 0) is 6.42 Å². The molecule has 3 rings (SSSR count). The summed E-state index contributed by atoms with van der Waals surface area (Å²) in [6.07, 6.45) is 4.17. The van der Waals surface area contributed by atoms with Gasteiger partial charge in [-0.1, -0.05) is 6.92 Å². The summed E-state index contributed by atoms with van der Waals surface area (Å²) in [7, 11) is 0. The summed E-state index contributed by atoms with van der Waals surface area (Å²) in [6.45, 7) is 2.05. The van der Waals surface area contributed by atoms with Gasteiger partial charge in [-0.15, -0.1) is 0 Å². The number of oxazole rings is 1. The zero-order chi connectivity index (χ0) is 11.1. The molecule has 16 heavy (non-hydrogen) atoms. The normalized spacial score (nSPS) is 11.3. The summed E-state index contributed by atoms with van der Waals surface area (Å²) in [5, 5.41) is 0. The fourth-order valence-corrected chi connectivity index (χ4v) is 1.83. The van der Waals surface area contributed by atoms with Crippen molar-refractivity contribution in [3.05, 3.63) is 34.6 Å². The van der Waals surface area contributed by atoms with Gasteiger partial charge in [0.1, 0.15) is 11.0 Å². The summed E-state index contributed by atoms with van der Waals surface area (Å²) in [5.41, 5.74) is 3.58. The van der Waals surface area contributed by atoms with Crippen LogP contribution in [0, 0.1) is 0 Å². The predicted octanol–water partition coefficient (Wildman–Crippen LogP) is 1.63. The average Bonchev–Trinajstić information content (AvgIpc) is 2.69. The molecule has 0 aliphatic carbocycles. The molecular weight excluding hydrogens is 206 g/mol. The maximum atomic E-state index is 11.1. The van der Waals surface area contributed by atoms with Gasteiger partial charge in [-0.25, -0.2) is 4.79 Å². The molecule has 3 heterocycles. The van der Waals surface area contributed by atoms with E-state index < -0.39 is 5.76 Å². The van der Waals surface area contributed by atoms with Crippen LogP contribution in [0.1, 0.15) is 12.5 Å². The minimum Gasteiger partial charge on any atom is -0.405 e. The Balaban J connectivity index is 2.56. The Morgan fingerprint density at radius 3 is 3.06 bits per heavy atom. The van der Waals surface area contributed by atoms with E-state index >= 15 is 0 Å². The number of aromatic nitrogens is 3. The summed E-state index contributed by atoms with van der Waals surface area (Å²) < 4.78 is 5.07. The van der Waals surface area contributed by atoms with Crippen molar-refractivity contribution >= 4 is 22.1 Å². The quantitative estimate of drug-likeness (QED) is 0.669. The fraction of sp³-hybridized carbons (Fsp3) is 0.182. The third kappa shape index (κ3) is 1.14. The van der Waals surface area contributed by atoms with Gasteiger partial charge in [0.05, 0.1) is 11.7 Å². The molecule has 0 fully saturated rings. The number of fused-ring (bicyclic) bond motifs is 3. The van der Waals surface area contributed by atoms with Gasteiger partial charge in [0.15, 0.2) is 5.58 Å². The molecule has 0 atom stereocenters. The number of nitrogens with one attached hydrogen (secondary N) is 1. The van der Waals surface area contributed by atoms with Crippen LogP contribution in [0.4, 0.5) is 0 Å². The molecule has 5 heteroatoms.